The van der Waals surface area contributed by atoms with Gasteiger partial charge in [-0.2, -0.15) is 0 Å². The van der Waals surface area contributed by atoms with Gasteiger partial charge in [0.15, 0.2) is 0 Å². The Balaban J connectivity index is 1.93. The van der Waals surface area contributed by atoms with Gasteiger partial charge in [-0.25, -0.2) is 0 Å². The number of anilines is 1. The van der Waals surface area contributed by atoms with E-state index in [4.69, 9.17) is 0 Å². The van der Waals surface area contributed by atoms with Crippen molar-refractivity contribution in [2.75, 3.05) is 25.0 Å². The molecule has 2 nitrogen and oxygen atoms in total. The Morgan fingerprint density at radius 3 is 2.68 bits per heavy atom. The van der Waals surface area contributed by atoms with E-state index in [9.17, 15) is 0 Å². The van der Waals surface area contributed by atoms with E-state index in [0.717, 1.165) is 6.54 Å². The summed E-state index contributed by atoms with van der Waals surface area (Å²) in [6, 6.07) is 7.52. The first-order chi connectivity index (χ1) is 9.27. The largest absolute Gasteiger partial charge is 0.384 e. The van der Waals surface area contributed by atoms with Gasteiger partial charge in [0, 0.05) is 18.3 Å². The first kappa shape index (κ1) is 13.0. The van der Waals surface area contributed by atoms with Crippen LogP contribution in [0.3, 0.4) is 0 Å². The molecule has 0 radical (unpaired) electrons. The normalized spacial score (nSPS) is 24.1. The number of piperidine rings is 1. The first-order valence-electron chi connectivity index (χ1n) is 7.88. The summed E-state index contributed by atoms with van der Waals surface area (Å²) in [5, 5.41) is 3.65. The van der Waals surface area contributed by atoms with Gasteiger partial charge in [-0.15, -0.1) is 0 Å². The van der Waals surface area contributed by atoms with Crippen molar-refractivity contribution in [1.29, 1.82) is 0 Å². The maximum atomic E-state index is 3.65. The molecule has 0 aromatic heterocycles. The number of fused-ring (bicyclic) bond motifs is 1. The maximum Gasteiger partial charge on any atom is 0.0423 e. The van der Waals surface area contributed by atoms with Crippen LogP contribution in [-0.4, -0.2) is 24.5 Å². The lowest BCUT2D eigenvalue weighted by Crippen LogP contribution is -2.37. The van der Waals surface area contributed by atoms with Crippen LogP contribution in [0, 0.1) is 0 Å². The minimum Gasteiger partial charge on any atom is -0.384 e. The first-order valence-corrected chi connectivity index (χ1v) is 7.88. The molecule has 2 heterocycles. The number of hydrogen-bond donors (Lipinski definition) is 1. The quantitative estimate of drug-likeness (QED) is 0.857. The van der Waals surface area contributed by atoms with E-state index in [1.54, 1.807) is 5.56 Å². The Hall–Kier alpha value is -1.02. The second-order valence-electron chi connectivity index (χ2n) is 6.29. The molecule has 0 spiro atoms. The molecular formula is C17H26N2. The zero-order chi connectivity index (χ0) is 13.2. The molecule has 1 aromatic rings. The average molecular weight is 258 g/mol. The highest BCUT2D eigenvalue weighted by atomic mass is 15.2. The number of nitrogens with one attached hydrogen (secondary N) is 1. The highest BCUT2D eigenvalue weighted by molar-refractivity contribution is 5.61. The fourth-order valence-corrected chi connectivity index (χ4v) is 3.65. The minimum absolute atomic E-state index is 0.600. The van der Waals surface area contributed by atoms with Crippen molar-refractivity contribution >= 4 is 5.69 Å². The summed E-state index contributed by atoms with van der Waals surface area (Å²) in [7, 11) is 0. The molecule has 1 atom stereocenters. The van der Waals surface area contributed by atoms with Gasteiger partial charge in [0.1, 0.15) is 0 Å². The summed E-state index contributed by atoms with van der Waals surface area (Å²) < 4.78 is 0. The van der Waals surface area contributed by atoms with Crippen molar-refractivity contribution in [2.24, 2.45) is 0 Å². The third-order valence-corrected chi connectivity index (χ3v) is 4.66. The van der Waals surface area contributed by atoms with Crippen molar-refractivity contribution in [1.82, 2.24) is 4.90 Å². The maximum absolute atomic E-state index is 3.65. The number of likely N-dealkylation sites (tertiary alicyclic amines) is 1. The molecule has 0 amide bonds. The number of benzene rings is 1. The molecular weight excluding hydrogens is 232 g/mol. The van der Waals surface area contributed by atoms with Gasteiger partial charge in [-0.1, -0.05) is 38.5 Å². The van der Waals surface area contributed by atoms with Crippen LogP contribution in [-0.2, 0) is 0 Å². The predicted octanol–water partition coefficient (Wildman–Crippen LogP) is 4.15. The lowest BCUT2D eigenvalue weighted by atomic mass is 9.89. The fourth-order valence-electron chi connectivity index (χ4n) is 3.65. The van der Waals surface area contributed by atoms with E-state index in [1.807, 2.05) is 0 Å². The molecule has 104 valence electrons. The van der Waals surface area contributed by atoms with Crippen LogP contribution >= 0.6 is 0 Å². The molecule has 1 unspecified atom stereocenters. The zero-order valence-corrected chi connectivity index (χ0v) is 12.3. The fraction of sp³-hybridized carbons (Fsp3) is 0.647. The Bertz CT molecular complexity index is 433. The van der Waals surface area contributed by atoms with Crippen LogP contribution in [0.25, 0.3) is 0 Å². The van der Waals surface area contributed by atoms with Crippen LogP contribution in [0.15, 0.2) is 18.2 Å². The van der Waals surface area contributed by atoms with Crippen molar-refractivity contribution in [3.63, 3.8) is 0 Å². The monoisotopic (exact) mass is 258 g/mol. The Kier molecular flexibility index (Phi) is 3.79. The molecule has 0 bridgehead atoms. The third-order valence-electron chi connectivity index (χ3n) is 4.66. The summed E-state index contributed by atoms with van der Waals surface area (Å²) in [6.45, 7) is 8.29. The van der Waals surface area contributed by atoms with E-state index in [0.29, 0.717) is 12.0 Å². The molecule has 2 aliphatic rings. The van der Waals surface area contributed by atoms with E-state index in [1.165, 1.54) is 50.0 Å². The van der Waals surface area contributed by atoms with Gasteiger partial charge < -0.3 is 5.32 Å². The molecule has 19 heavy (non-hydrogen) atoms. The van der Waals surface area contributed by atoms with Gasteiger partial charge in [0.05, 0.1) is 0 Å². The zero-order valence-electron chi connectivity index (χ0n) is 12.3. The molecule has 1 aromatic carbocycles. The molecule has 0 aliphatic carbocycles. The highest BCUT2D eigenvalue weighted by Crippen LogP contribution is 2.39. The molecule has 0 saturated carbocycles. The number of rotatable bonds is 2. The number of para-hydroxylation sites is 1. The van der Waals surface area contributed by atoms with Crippen LogP contribution in [0.2, 0.25) is 0 Å². The SMILES string of the molecule is CC(C)c1cccc2c1NCCC2N1CCCCC1. The van der Waals surface area contributed by atoms with E-state index >= 15 is 0 Å². The van der Waals surface area contributed by atoms with Crippen LogP contribution in [0.4, 0.5) is 5.69 Å². The molecule has 2 aliphatic heterocycles. The third kappa shape index (κ3) is 2.51. The topological polar surface area (TPSA) is 15.3 Å². The Morgan fingerprint density at radius 2 is 1.95 bits per heavy atom. The van der Waals surface area contributed by atoms with Crippen LogP contribution < -0.4 is 5.32 Å². The predicted molar refractivity (Wildman–Crippen MR) is 81.8 cm³/mol. The van der Waals surface area contributed by atoms with Gasteiger partial charge in [0.2, 0.25) is 0 Å². The second kappa shape index (κ2) is 5.54. The molecule has 3 rings (SSSR count). The minimum atomic E-state index is 0.600. The Morgan fingerprint density at radius 1 is 1.16 bits per heavy atom. The average Bonchev–Trinajstić information content (AvgIpc) is 2.46. The molecule has 1 N–H and O–H groups in total. The van der Waals surface area contributed by atoms with Crippen molar-refractivity contribution in [3.05, 3.63) is 29.3 Å². The smallest absolute Gasteiger partial charge is 0.0423 e. The Labute approximate surface area is 117 Å². The highest BCUT2D eigenvalue weighted by Gasteiger charge is 2.28. The summed E-state index contributed by atoms with van der Waals surface area (Å²) in [5.41, 5.74) is 4.46. The molecule has 1 saturated heterocycles. The lowest BCUT2D eigenvalue weighted by molar-refractivity contribution is 0.156. The van der Waals surface area contributed by atoms with Crippen molar-refractivity contribution < 1.29 is 0 Å². The molecule has 1 fully saturated rings. The van der Waals surface area contributed by atoms with Crippen LogP contribution in [0.5, 0.6) is 0 Å². The summed E-state index contributed by atoms with van der Waals surface area (Å²) in [4.78, 5) is 2.72. The lowest BCUT2D eigenvalue weighted by Gasteiger charge is -2.39. The van der Waals surface area contributed by atoms with E-state index < -0.39 is 0 Å². The van der Waals surface area contributed by atoms with Crippen LogP contribution in [0.1, 0.15) is 62.6 Å². The standard InChI is InChI=1S/C17H26N2/c1-13(2)14-7-6-8-15-16(9-10-18-17(14)15)19-11-4-3-5-12-19/h6-8,13,16,18H,3-5,9-12H2,1-2H3. The number of hydrogen-bond acceptors (Lipinski definition) is 2. The van der Waals surface area contributed by atoms with Crippen molar-refractivity contribution in [2.45, 2.75) is 51.5 Å². The van der Waals surface area contributed by atoms with Gasteiger partial charge in [-0.05, 0) is 49.4 Å². The van der Waals surface area contributed by atoms with Crippen molar-refractivity contribution in [3.8, 4) is 0 Å². The summed E-state index contributed by atoms with van der Waals surface area (Å²) in [6.07, 6.45) is 5.43. The second-order valence-corrected chi connectivity index (χ2v) is 6.29. The van der Waals surface area contributed by atoms with E-state index in [-0.39, 0.29) is 0 Å². The van der Waals surface area contributed by atoms with Gasteiger partial charge in [-0.3, -0.25) is 4.90 Å². The molecule has 2 heteroatoms. The van der Waals surface area contributed by atoms with Gasteiger partial charge in [0.25, 0.3) is 0 Å². The van der Waals surface area contributed by atoms with Gasteiger partial charge >= 0.3 is 0 Å². The number of nitrogens with zero attached hydrogens (tertiary/aromatic N) is 1. The van der Waals surface area contributed by atoms with E-state index in [2.05, 4.69) is 42.3 Å². The summed E-state index contributed by atoms with van der Waals surface area (Å²) >= 11 is 0. The summed E-state index contributed by atoms with van der Waals surface area (Å²) in [5.74, 6) is 0.600.